The number of nitrogens with zero attached hydrogens (tertiary/aromatic N) is 2. The van der Waals surface area contributed by atoms with Crippen molar-refractivity contribution in [3.8, 4) is 0 Å². The zero-order valence-electron chi connectivity index (χ0n) is 14.5. The van der Waals surface area contributed by atoms with Gasteiger partial charge >= 0.3 is 0 Å². The van der Waals surface area contributed by atoms with Gasteiger partial charge in [0.15, 0.2) is 0 Å². The Morgan fingerprint density at radius 1 is 1.13 bits per heavy atom. The normalized spacial score (nSPS) is 33.1. The van der Waals surface area contributed by atoms with E-state index in [0.29, 0.717) is 30.4 Å². The molecule has 0 spiro atoms. The van der Waals surface area contributed by atoms with E-state index in [1.165, 1.54) is 12.8 Å². The van der Waals surface area contributed by atoms with Gasteiger partial charge in [0.1, 0.15) is 0 Å². The number of rotatable bonds is 5. The molecule has 3 rings (SSSR count). The maximum absolute atomic E-state index is 12.6. The second kappa shape index (κ2) is 8.45. The van der Waals surface area contributed by atoms with Crippen LogP contribution in [0.3, 0.4) is 0 Å². The summed E-state index contributed by atoms with van der Waals surface area (Å²) < 4.78 is 11.2. The molecule has 0 bridgehead atoms. The molecule has 0 aromatic carbocycles. The second-order valence-electron chi connectivity index (χ2n) is 7.21. The largest absolute Gasteiger partial charge is 0.379 e. The van der Waals surface area contributed by atoms with Crippen molar-refractivity contribution in [3.05, 3.63) is 0 Å². The molecule has 23 heavy (non-hydrogen) atoms. The molecule has 5 nitrogen and oxygen atoms in total. The summed E-state index contributed by atoms with van der Waals surface area (Å²) in [7, 11) is 0. The van der Waals surface area contributed by atoms with Gasteiger partial charge in [0.2, 0.25) is 5.91 Å². The lowest BCUT2D eigenvalue weighted by molar-refractivity contribution is -0.131. The molecular weight excluding hydrogens is 292 g/mol. The highest BCUT2D eigenvalue weighted by molar-refractivity contribution is 5.76. The first-order valence-electron chi connectivity index (χ1n) is 9.49. The van der Waals surface area contributed by atoms with Gasteiger partial charge in [-0.1, -0.05) is 13.3 Å². The van der Waals surface area contributed by atoms with Gasteiger partial charge in [-0.15, -0.1) is 0 Å². The van der Waals surface area contributed by atoms with Crippen LogP contribution in [0.15, 0.2) is 0 Å². The predicted octanol–water partition coefficient (Wildman–Crippen LogP) is 1.90. The lowest BCUT2D eigenvalue weighted by Gasteiger charge is -2.34. The smallest absolute Gasteiger partial charge is 0.222 e. The fraction of sp³-hybridized carbons (Fsp3) is 0.944. The number of carbonyl (C=O) groups is 1. The molecule has 132 valence electrons. The van der Waals surface area contributed by atoms with Crippen LogP contribution >= 0.6 is 0 Å². The van der Waals surface area contributed by atoms with Gasteiger partial charge in [-0.2, -0.15) is 0 Å². The van der Waals surface area contributed by atoms with E-state index >= 15 is 0 Å². The first kappa shape index (κ1) is 17.2. The minimum Gasteiger partial charge on any atom is -0.379 e. The van der Waals surface area contributed by atoms with Crippen LogP contribution in [0.5, 0.6) is 0 Å². The van der Waals surface area contributed by atoms with Gasteiger partial charge in [-0.3, -0.25) is 9.69 Å². The van der Waals surface area contributed by atoms with Crippen molar-refractivity contribution < 1.29 is 14.3 Å². The number of morpholine rings is 1. The molecule has 0 radical (unpaired) electrons. The third-order valence-corrected chi connectivity index (χ3v) is 5.75. The van der Waals surface area contributed by atoms with Crippen molar-refractivity contribution in [2.24, 2.45) is 5.92 Å². The van der Waals surface area contributed by atoms with E-state index in [2.05, 4.69) is 16.7 Å². The van der Waals surface area contributed by atoms with Crippen LogP contribution in [0.2, 0.25) is 0 Å². The van der Waals surface area contributed by atoms with Crippen molar-refractivity contribution in [1.29, 1.82) is 0 Å². The lowest BCUT2D eigenvalue weighted by atomic mass is 9.99. The van der Waals surface area contributed by atoms with Gasteiger partial charge in [0.25, 0.3) is 0 Å². The average molecular weight is 324 g/mol. The van der Waals surface area contributed by atoms with Crippen LogP contribution in [0.4, 0.5) is 0 Å². The van der Waals surface area contributed by atoms with E-state index < -0.39 is 0 Å². The predicted molar refractivity (Wildman–Crippen MR) is 89.4 cm³/mol. The highest BCUT2D eigenvalue weighted by Gasteiger charge is 2.37. The molecule has 1 amide bonds. The van der Waals surface area contributed by atoms with Gasteiger partial charge in [-0.05, 0) is 31.6 Å². The number of carbonyl (C=O) groups excluding carboxylic acids is 1. The summed E-state index contributed by atoms with van der Waals surface area (Å²) in [6.45, 7) is 8.66. The molecule has 5 heteroatoms. The van der Waals surface area contributed by atoms with E-state index in [9.17, 15) is 4.79 Å². The maximum atomic E-state index is 12.6. The summed E-state index contributed by atoms with van der Waals surface area (Å²) >= 11 is 0. The highest BCUT2D eigenvalue weighted by Crippen LogP contribution is 2.27. The minimum absolute atomic E-state index is 0.312. The SMILES string of the molecule is CCC1CN(C(=O)CCC2CCCCO2)CC1N1CCOCC1. The summed E-state index contributed by atoms with van der Waals surface area (Å²) in [5.41, 5.74) is 0. The van der Waals surface area contributed by atoms with Crippen LogP contribution in [-0.2, 0) is 14.3 Å². The molecule has 0 aromatic heterocycles. The Hall–Kier alpha value is -0.650. The van der Waals surface area contributed by atoms with E-state index in [1.54, 1.807) is 0 Å². The minimum atomic E-state index is 0.312. The molecule has 0 N–H and O–H groups in total. The number of hydrogen-bond acceptors (Lipinski definition) is 4. The third kappa shape index (κ3) is 4.46. The van der Waals surface area contributed by atoms with Crippen molar-refractivity contribution in [2.75, 3.05) is 46.0 Å². The van der Waals surface area contributed by atoms with Crippen molar-refractivity contribution in [1.82, 2.24) is 9.80 Å². The summed E-state index contributed by atoms with van der Waals surface area (Å²) in [5, 5.41) is 0. The number of hydrogen-bond donors (Lipinski definition) is 0. The Bertz CT molecular complexity index is 378. The van der Waals surface area contributed by atoms with Crippen molar-refractivity contribution >= 4 is 5.91 Å². The first-order valence-corrected chi connectivity index (χ1v) is 9.49. The lowest BCUT2D eigenvalue weighted by Crippen LogP contribution is -2.47. The standard InChI is InChI=1S/C18H32N2O3/c1-2-15-13-20(14-17(15)19-8-11-22-12-9-19)18(21)7-6-16-5-3-4-10-23-16/h15-17H,2-14H2,1H3. The van der Waals surface area contributed by atoms with E-state index in [4.69, 9.17) is 9.47 Å². The average Bonchev–Trinajstić information content (AvgIpc) is 3.06. The zero-order chi connectivity index (χ0) is 16.1. The fourth-order valence-corrected chi connectivity index (χ4v) is 4.26. The monoisotopic (exact) mass is 324 g/mol. The van der Waals surface area contributed by atoms with Gasteiger partial charge < -0.3 is 14.4 Å². The van der Waals surface area contributed by atoms with Crippen LogP contribution in [0, 0.1) is 5.92 Å². The second-order valence-corrected chi connectivity index (χ2v) is 7.21. The topological polar surface area (TPSA) is 42.0 Å². The zero-order valence-corrected chi connectivity index (χ0v) is 14.5. The fourth-order valence-electron chi connectivity index (χ4n) is 4.26. The summed E-state index contributed by atoms with van der Waals surface area (Å²) in [5.74, 6) is 0.941. The van der Waals surface area contributed by atoms with Crippen LogP contribution in [-0.4, -0.2) is 73.9 Å². The third-order valence-electron chi connectivity index (χ3n) is 5.75. The van der Waals surface area contributed by atoms with Crippen LogP contribution < -0.4 is 0 Å². The number of ether oxygens (including phenoxy) is 2. The molecule has 0 aromatic rings. The Balaban J connectivity index is 1.48. The Morgan fingerprint density at radius 3 is 2.65 bits per heavy atom. The van der Waals surface area contributed by atoms with Crippen molar-refractivity contribution in [3.63, 3.8) is 0 Å². The van der Waals surface area contributed by atoms with E-state index in [0.717, 1.165) is 65.3 Å². The molecule has 3 fully saturated rings. The molecule has 3 heterocycles. The first-order chi connectivity index (χ1) is 11.3. The van der Waals surface area contributed by atoms with E-state index in [-0.39, 0.29) is 0 Å². The van der Waals surface area contributed by atoms with Crippen LogP contribution in [0.25, 0.3) is 0 Å². The molecule has 3 atom stereocenters. The molecule has 3 aliphatic rings. The number of likely N-dealkylation sites (tertiary alicyclic amines) is 1. The Labute approximate surface area is 140 Å². The molecule has 0 saturated carbocycles. The van der Waals surface area contributed by atoms with Crippen molar-refractivity contribution in [2.45, 2.75) is 57.6 Å². The van der Waals surface area contributed by atoms with Gasteiger partial charge in [0.05, 0.1) is 19.3 Å². The quantitative estimate of drug-likeness (QED) is 0.775. The molecular formula is C18H32N2O3. The Kier molecular flexibility index (Phi) is 6.31. The molecule has 0 aliphatic carbocycles. The maximum Gasteiger partial charge on any atom is 0.222 e. The molecule has 3 unspecified atom stereocenters. The van der Waals surface area contributed by atoms with Crippen LogP contribution in [0.1, 0.15) is 45.4 Å². The Morgan fingerprint density at radius 2 is 1.96 bits per heavy atom. The number of amides is 1. The summed E-state index contributed by atoms with van der Waals surface area (Å²) in [4.78, 5) is 17.3. The molecule has 3 aliphatic heterocycles. The summed E-state index contributed by atoms with van der Waals surface area (Å²) in [6.07, 6.45) is 6.56. The summed E-state index contributed by atoms with van der Waals surface area (Å²) in [6, 6.07) is 0.527. The van der Waals surface area contributed by atoms with E-state index in [1.807, 2.05) is 0 Å². The van der Waals surface area contributed by atoms with Gasteiger partial charge in [0, 0.05) is 45.2 Å². The molecule has 3 saturated heterocycles. The highest BCUT2D eigenvalue weighted by atomic mass is 16.5. The van der Waals surface area contributed by atoms with Gasteiger partial charge in [-0.25, -0.2) is 0 Å².